The van der Waals surface area contributed by atoms with E-state index in [2.05, 4.69) is 5.32 Å². The summed E-state index contributed by atoms with van der Waals surface area (Å²) >= 11 is 0. The Morgan fingerprint density at radius 2 is 1.92 bits per heavy atom. The Morgan fingerprint density at radius 1 is 1.29 bits per heavy atom. The molecule has 0 fully saturated rings. The fraction of sp³-hybridized carbons (Fsp3) is 0.375. The van der Waals surface area contributed by atoms with Gasteiger partial charge in [-0.25, -0.2) is 18.4 Å². The van der Waals surface area contributed by atoms with E-state index < -0.39 is 35.2 Å². The van der Waals surface area contributed by atoms with E-state index in [9.17, 15) is 18.4 Å². The largest absolute Gasteiger partial charge is 0.466 e. The summed E-state index contributed by atoms with van der Waals surface area (Å²) in [5.74, 6) is -2.50. The molecule has 1 aromatic carbocycles. The topological polar surface area (TPSA) is 67.9 Å². The van der Waals surface area contributed by atoms with Gasteiger partial charge in [0.25, 0.3) is 0 Å². The van der Waals surface area contributed by atoms with Crippen LogP contribution in [-0.2, 0) is 14.3 Å². The Morgan fingerprint density at radius 3 is 2.46 bits per heavy atom. The first kappa shape index (κ1) is 17.9. The normalized spacial score (nSPS) is 17.8. The number of amides is 2. The number of rotatable bonds is 5. The van der Waals surface area contributed by atoms with Gasteiger partial charge in [-0.15, -0.1) is 0 Å². The molecule has 0 bridgehead atoms. The molecular weight excluding hydrogens is 322 g/mol. The Labute approximate surface area is 138 Å². The molecule has 24 heavy (non-hydrogen) atoms. The third kappa shape index (κ3) is 3.23. The first-order chi connectivity index (χ1) is 11.4. The van der Waals surface area contributed by atoms with E-state index in [1.54, 1.807) is 0 Å². The number of ether oxygens (including phenoxy) is 2. The molecule has 0 saturated heterocycles. The molecule has 0 aliphatic carbocycles. The molecule has 1 aliphatic heterocycles. The molecule has 8 heteroatoms. The van der Waals surface area contributed by atoms with Gasteiger partial charge in [0.2, 0.25) is 0 Å². The Kier molecular flexibility index (Phi) is 5.50. The lowest BCUT2D eigenvalue weighted by molar-refractivity contribution is -0.136. The lowest BCUT2D eigenvalue weighted by Crippen LogP contribution is -2.49. The van der Waals surface area contributed by atoms with E-state index in [-0.39, 0.29) is 24.4 Å². The SMILES string of the molecule is COCCN1C(=O)N[C@H](c2c(F)cccc2F)C(C(=O)OC)=C1C. The van der Waals surface area contributed by atoms with Crippen molar-refractivity contribution >= 4 is 12.0 Å². The van der Waals surface area contributed by atoms with Gasteiger partial charge in [0, 0.05) is 12.8 Å². The van der Waals surface area contributed by atoms with Crippen LogP contribution in [-0.4, -0.2) is 44.3 Å². The van der Waals surface area contributed by atoms with Crippen molar-refractivity contribution in [1.82, 2.24) is 10.2 Å². The van der Waals surface area contributed by atoms with Gasteiger partial charge in [0.05, 0.1) is 37.4 Å². The monoisotopic (exact) mass is 340 g/mol. The molecule has 0 aromatic heterocycles. The van der Waals surface area contributed by atoms with Crippen molar-refractivity contribution < 1.29 is 27.8 Å². The number of hydrogen-bond donors (Lipinski definition) is 1. The Hall–Kier alpha value is -2.48. The highest BCUT2D eigenvalue weighted by molar-refractivity contribution is 5.95. The van der Waals surface area contributed by atoms with Crippen LogP contribution in [0.25, 0.3) is 0 Å². The summed E-state index contributed by atoms with van der Waals surface area (Å²) in [7, 11) is 2.63. The van der Waals surface area contributed by atoms with Crippen molar-refractivity contribution in [2.75, 3.05) is 27.4 Å². The number of carbonyl (C=O) groups excluding carboxylic acids is 2. The minimum atomic E-state index is -1.27. The van der Waals surface area contributed by atoms with E-state index in [0.717, 1.165) is 19.2 Å². The van der Waals surface area contributed by atoms with Gasteiger partial charge >= 0.3 is 12.0 Å². The number of hydrogen-bond acceptors (Lipinski definition) is 4. The number of urea groups is 1. The second-order valence-corrected chi connectivity index (χ2v) is 5.15. The van der Waals surface area contributed by atoms with Crippen molar-refractivity contribution in [1.29, 1.82) is 0 Å². The summed E-state index contributed by atoms with van der Waals surface area (Å²) < 4.78 is 37.9. The zero-order valence-corrected chi connectivity index (χ0v) is 13.6. The van der Waals surface area contributed by atoms with Crippen LogP contribution >= 0.6 is 0 Å². The van der Waals surface area contributed by atoms with Crippen LogP contribution in [0.3, 0.4) is 0 Å². The number of esters is 1. The van der Waals surface area contributed by atoms with Gasteiger partial charge < -0.3 is 14.8 Å². The van der Waals surface area contributed by atoms with E-state index in [1.807, 2.05) is 0 Å². The first-order valence-corrected chi connectivity index (χ1v) is 7.22. The van der Waals surface area contributed by atoms with Crippen LogP contribution in [0.5, 0.6) is 0 Å². The summed E-state index contributed by atoms with van der Waals surface area (Å²) in [5.41, 5.74) is -0.176. The van der Waals surface area contributed by atoms with Gasteiger partial charge in [-0.1, -0.05) is 6.07 Å². The lowest BCUT2D eigenvalue weighted by atomic mass is 9.94. The molecule has 1 aromatic rings. The van der Waals surface area contributed by atoms with Crippen molar-refractivity contribution in [3.05, 3.63) is 46.7 Å². The number of halogens is 2. The quantitative estimate of drug-likeness (QED) is 0.834. The van der Waals surface area contributed by atoms with Crippen LogP contribution in [0.15, 0.2) is 29.5 Å². The van der Waals surface area contributed by atoms with Crippen molar-refractivity contribution in [3.8, 4) is 0 Å². The van der Waals surface area contributed by atoms with Gasteiger partial charge in [0.15, 0.2) is 0 Å². The molecule has 6 nitrogen and oxygen atoms in total. The average molecular weight is 340 g/mol. The molecule has 0 saturated carbocycles. The number of nitrogens with zero attached hydrogens (tertiary/aromatic N) is 1. The van der Waals surface area contributed by atoms with Gasteiger partial charge in [-0.05, 0) is 19.1 Å². The maximum atomic E-state index is 14.1. The average Bonchev–Trinajstić information content (AvgIpc) is 2.54. The number of benzene rings is 1. The number of carbonyl (C=O) groups is 2. The highest BCUT2D eigenvalue weighted by Gasteiger charge is 2.38. The molecule has 0 radical (unpaired) electrons. The zero-order chi connectivity index (χ0) is 17.9. The molecule has 0 spiro atoms. The summed E-state index contributed by atoms with van der Waals surface area (Å²) in [5, 5.41) is 2.46. The zero-order valence-electron chi connectivity index (χ0n) is 13.6. The Balaban J connectivity index is 2.57. The number of methoxy groups -OCH3 is 2. The summed E-state index contributed by atoms with van der Waals surface area (Å²) in [6, 6.07) is 1.48. The molecule has 1 aliphatic rings. The maximum Gasteiger partial charge on any atom is 0.337 e. The van der Waals surface area contributed by atoms with Crippen LogP contribution < -0.4 is 5.32 Å². The van der Waals surface area contributed by atoms with E-state index >= 15 is 0 Å². The molecule has 130 valence electrons. The molecule has 2 rings (SSSR count). The fourth-order valence-corrected chi connectivity index (χ4v) is 2.61. The van der Waals surface area contributed by atoms with Crippen LogP contribution in [0.4, 0.5) is 13.6 Å². The highest BCUT2D eigenvalue weighted by Crippen LogP contribution is 2.33. The molecule has 2 amide bonds. The predicted molar refractivity (Wildman–Crippen MR) is 80.9 cm³/mol. The number of nitrogens with one attached hydrogen (secondary N) is 1. The van der Waals surface area contributed by atoms with Crippen LogP contribution in [0.2, 0.25) is 0 Å². The van der Waals surface area contributed by atoms with Crippen LogP contribution in [0, 0.1) is 11.6 Å². The minimum absolute atomic E-state index is 0.0304. The van der Waals surface area contributed by atoms with Crippen molar-refractivity contribution in [3.63, 3.8) is 0 Å². The van der Waals surface area contributed by atoms with Gasteiger partial charge in [0.1, 0.15) is 11.6 Å². The minimum Gasteiger partial charge on any atom is -0.466 e. The van der Waals surface area contributed by atoms with E-state index in [4.69, 9.17) is 9.47 Å². The van der Waals surface area contributed by atoms with E-state index in [0.29, 0.717) is 0 Å². The van der Waals surface area contributed by atoms with Crippen LogP contribution in [0.1, 0.15) is 18.5 Å². The third-order valence-corrected chi connectivity index (χ3v) is 3.81. The standard InChI is InChI=1S/C16H18F2N2O4/c1-9-12(15(21)24-3)14(13-10(17)5-4-6-11(13)18)19-16(22)20(9)7-8-23-2/h4-6,14H,7-8H2,1-3H3,(H,19,22)/t14-/m0/s1. The molecular formula is C16H18F2N2O4. The molecule has 1 atom stereocenters. The summed E-state index contributed by atoms with van der Waals surface area (Å²) in [6.07, 6.45) is 0. The fourth-order valence-electron chi connectivity index (χ4n) is 2.61. The highest BCUT2D eigenvalue weighted by atomic mass is 19.1. The molecule has 0 unspecified atom stereocenters. The molecule has 1 heterocycles. The first-order valence-electron chi connectivity index (χ1n) is 7.22. The van der Waals surface area contributed by atoms with Crippen molar-refractivity contribution in [2.45, 2.75) is 13.0 Å². The summed E-state index contributed by atoms with van der Waals surface area (Å²) in [4.78, 5) is 25.7. The maximum absolute atomic E-state index is 14.1. The number of allylic oxidation sites excluding steroid dienone is 1. The second-order valence-electron chi connectivity index (χ2n) is 5.15. The smallest absolute Gasteiger partial charge is 0.337 e. The second kappa shape index (κ2) is 7.39. The van der Waals surface area contributed by atoms with Crippen molar-refractivity contribution in [2.24, 2.45) is 0 Å². The van der Waals surface area contributed by atoms with E-state index in [1.165, 1.54) is 25.0 Å². The predicted octanol–water partition coefficient (Wildman–Crippen LogP) is 2.12. The van der Waals surface area contributed by atoms with Gasteiger partial charge in [-0.2, -0.15) is 0 Å². The van der Waals surface area contributed by atoms with Gasteiger partial charge in [-0.3, -0.25) is 4.90 Å². The lowest BCUT2D eigenvalue weighted by Gasteiger charge is -2.35. The summed E-state index contributed by atoms with van der Waals surface area (Å²) in [6.45, 7) is 1.94. The third-order valence-electron chi connectivity index (χ3n) is 3.81. The Bertz CT molecular complexity index is 670. The molecule has 1 N–H and O–H groups in total.